The first-order valence-corrected chi connectivity index (χ1v) is 7.69. The Hall–Kier alpha value is -1.42. The number of halogens is 1. The molecule has 3 nitrogen and oxygen atoms in total. The maximum absolute atomic E-state index is 12.6. The van der Waals surface area contributed by atoms with Crippen molar-refractivity contribution in [2.45, 2.75) is 13.3 Å². The average Bonchev–Trinajstić information content (AvgIpc) is 3.08. The van der Waals surface area contributed by atoms with E-state index in [1.807, 2.05) is 25.1 Å². The number of anilines is 1. The molecule has 2 aliphatic carbocycles. The molecule has 0 spiro atoms. The average molecular weight is 332 g/mol. The molecular weight excluding hydrogens is 318 g/mol. The van der Waals surface area contributed by atoms with Crippen LogP contribution < -0.4 is 4.90 Å². The summed E-state index contributed by atoms with van der Waals surface area (Å²) < 4.78 is 0.925. The summed E-state index contributed by atoms with van der Waals surface area (Å²) in [6.07, 6.45) is 5.20. The number of allylic oxidation sites excluding steroid dienone is 2. The van der Waals surface area contributed by atoms with Crippen molar-refractivity contribution in [1.29, 1.82) is 0 Å². The van der Waals surface area contributed by atoms with Crippen LogP contribution in [0.1, 0.15) is 12.0 Å². The number of benzene rings is 1. The minimum absolute atomic E-state index is 0.0207. The smallest absolute Gasteiger partial charge is 0.238 e. The second-order valence-electron chi connectivity index (χ2n) is 5.95. The summed E-state index contributed by atoms with van der Waals surface area (Å²) in [5, 5.41) is 0. The summed E-state index contributed by atoms with van der Waals surface area (Å²) >= 11 is 3.47. The maximum Gasteiger partial charge on any atom is 0.238 e. The molecule has 1 heterocycles. The molecule has 1 aromatic rings. The first-order chi connectivity index (χ1) is 9.58. The maximum atomic E-state index is 12.6. The van der Waals surface area contributed by atoms with Gasteiger partial charge < -0.3 is 0 Å². The Labute approximate surface area is 125 Å². The fraction of sp³-hybridized carbons (Fsp3) is 0.375. The number of fused-ring (bicyclic) bond motifs is 5. The highest BCUT2D eigenvalue weighted by Crippen LogP contribution is 2.53. The Morgan fingerprint density at radius 3 is 2.25 bits per heavy atom. The second kappa shape index (κ2) is 4.04. The van der Waals surface area contributed by atoms with Crippen LogP contribution in [-0.2, 0) is 9.59 Å². The van der Waals surface area contributed by atoms with Crippen LogP contribution in [0, 0.1) is 30.6 Å². The monoisotopic (exact) mass is 331 g/mol. The van der Waals surface area contributed by atoms with Crippen LogP contribution in [0.5, 0.6) is 0 Å². The molecule has 2 bridgehead atoms. The van der Waals surface area contributed by atoms with E-state index in [0.717, 1.165) is 16.5 Å². The molecule has 2 fully saturated rings. The molecule has 0 radical (unpaired) electrons. The van der Waals surface area contributed by atoms with E-state index >= 15 is 0 Å². The van der Waals surface area contributed by atoms with E-state index in [1.54, 1.807) is 0 Å². The van der Waals surface area contributed by atoms with E-state index in [4.69, 9.17) is 0 Å². The molecule has 0 unspecified atom stereocenters. The minimum atomic E-state index is -0.127. The van der Waals surface area contributed by atoms with Crippen molar-refractivity contribution in [2.75, 3.05) is 4.90 Å². The van der Waals surface area contributed by atoms with Crippen molar-refractivity contribution in [2.24, 2.45) is 23.7 Å². The van der Waals surface area contributed by atoms with Crippen molar-refractivity contribution in [1.82, 2.24) is 0 Å². The van der Waals surface area contributed by atoms with Gasteiger partial charge in [-0.05, 0) is 42.9 Å². The lowest BCUT2D eigenvalue weighted by Gasteiger charge is -2.18. The zero-order valence-corrected chi connectivity index (χ0v) is 12.6. The van der Waals surface area contributed by atoms with Crippen molar-refractivity contribution >= 4 is 33.4 Å². The minimum Gasteiger partial charge on any atom is -0.274 e. The highest BCUT2D eigenvalue weighted by molar-refractivity contribution is 9.10. The standard InChI is InChI=1S/C16H14BrNO2/c1-8-2-5-11(7-12(8)17)18-15(19)13-9-3-4-10(6-9)14(13)16(18)20/h2-5,7,9-10,13-14H,6H2,1H3/t9-,10-,13-,14+/m0/s1. The largest absolute Gasteiger partial charge is 0.274 e. The summed E-state index contributed by atoms with van der Waals surface area (Å²) in [5.41, 5.74) is 1.78. The Balaban J connectivity index is 1.76. The number of amides is 2. The third kappa shape index (κ3) is 1.46. The molecule has 1 saturated heterocycles. The van der Waals surface area contributed by atoms with Crippen LogP contribution in [0.25, 0.3) is 0 Å². The second-order valence-corrected chi connectivity index (χ2v) is 6.80. The number of carbonyl (C=O) groups excluding carboxylic acids is 2. The van der Waals surface area contributed by atoms with E-state index < -0.39 is 0 Å². The summed E-state index contributed by atoms with van der Waals surface area (Å²) in [6.45, 7) is 1.99. The van der Waals surface area contributed by atoms with Gasteiger partial charge in [-0.15, -0.1) is 0 Å². The lowest BCUT2D eigenvalue weighted by Crippen LogP contribution is -2.32. The van der Waals surface area contributed by atoms with Gasteiger partial charge in [0.2, 0.25) is 11.8 Å². The van der Waals surface area contributed by atoms with Crippen molar-refractivity contribution in [3.05, 3.63) is 40.4 Å². The highest BCUT2D eigenvalue weighted by atomic mass is 79.9. The van der Waals surface area contributed by atoms with Gasteiger partial charge in [-0.3, -0.25) is 9.59 Å². The number of aryl methyl sites for hydroxylation is 1. The molecule has 4 atom stereocenters. The Kier molecular flexibility index (Phi) is 2.49. The number of hydrogen-bond donors (Lipinski definition) is 0. The van der Waals surface area contributed by atoms with Gasteiger partial charge in [-0.1, -0.05) is 34.1 Å². The van der Waals surface area contributed by atoms with Crippen molar-refractivity contribution < 1.29 is 9.59 Å². The van der Waals surface area contributed by atoms with Crippen LogP contribution in [0.3, 0.4) is 0 Å². The van der Waals surface area contributed by atoms with E-state index in [-0.39, 0.29) is 35.5 Å². The Morgan fingerprint density at radius 2 is 1.70 bits per heavy atom. The number of imide groups is 1. The number of nitrogens with zero attached hydrogens (tertiary/aromatic N) is 1. The molecule has 1 saturated carbocycles. The van der Waals surface area contributed by atoms with Crippen LogP contribution in [0.15, 0.2) is 34.8 Å². The molecular formula is C16H14BrNO2. The SMILES string of the molecule is Cc1ccc(N2C(=O)[C@@H]3[C@H](C2=O)[C@H]2C=C[C@H]3C2)cc1Br. The van der Waals surface area contributed by atoms with E-state index in [9.17, 15) is 9.59 Å². The zero-order valence-electron chi connectivity index (χ0n) is 11.0. The van der Waals surface area contributed by atoms with Crippen LogP contribution in [0.4, 0.5) is 5.69 Å². The van der Waals surface area contributed by atoms with Gasteiger partial charge in [0.1, 0.15) is 0 Å². The van der Waals surface area contributed by atoms with Gasteiger partial charge >= 0.3 is 0 Å². The lowest BCUT2D eigenvalue weighted by atomic mass is 9.85. The number of rotatable bonds is 1. The van der Waals surface area contributed by atoms with Gasteiger partial charge in [-0.25, -0.2) is 4.90 Å². The van der Waals surface area contributed by atoms with Crippen LogP contribution in [-0.4, -0.2) is 11.8 Å². The molecule has 102 valence electrons. The summed E-state index contributed by atoms with van der Waals surface area (Å²) in [7, 11) is 0. The molecule has 3 aliphatic rings. The van der Waals surface area contributed by atoms with Crippen LogP contribution >= 0.6 is 15.9 Å². The van der Waals surface area contributed by atoms with Gasteiger partial charge in [-0.2, -0.15) is 0 Å². The van der Waals surface area contributed by atoms with Crippen LogP contribution in [0.2, 0.25) is 0 Å². The normalized spacial score (nSPS) is 34.2. The zero-order chi connectivity index (χ0) is 14.0. The Bertz CT molecular complexity index is 636. The van der Waals surface area contributed by atoms with E-state index in [1.165, 1.54) is 4.90 Å². The third-order valence-electron chi connectivity index (χ3n) is 4.88. The molecule has 1 aliphatic heterocycles. The molecule has 1 aromatic carbocycles. The summed E-state index contributed by atoms with van der Waals surface area (Å²) in [4.78, 5) is 26.7. The van der Waals surface area contributed by atoms with Gasteiger partial charge in [0.15, 0.2) is 0 Å². The van der Waals surface area contributed by atoms with Gasteiger partial charge in [0.05, 0.1) is 17.5 Å². The fourth-order valence-corrected chi connectivity index (χ4v) is 4.24. The molecule has 4 heteroatoms. The summed E-state index contributed by atoms with van der Waals surface area (Å²) in [5.74, 6) is 0.232. The van der Waals surface area contributed by atoms with E-state index in [2.05, 4.69) is 28.1 Å². The molecule has 0 aromatic heterocycles. The van der Waals surface area contributed by atoms with E-state index in [0.29, 0.717) is 5.69 Å². The third-order valence-corrected chi connectivity index (χ3v) is 5.74. The molecule has 2 amide bonds. The molecule has 20 heavy (non-hydrogen) atoms. The van der Waals surface area contributed by atoms with Gasteiger partial charge in [0.25, 0.3) is 0 Å². The quantitative estimate of drug-likeness (QED) is 0.585. The van der Waals surface area contributed by atoms with Gasteiger partial charge in [0, 0.05) is 4.47 Å². The predicted octanol–water partition coefficient (Wildman–Crippen LogP) is 3.07. The molecule has 4 rings (SSSR count). The topological polar surface area (TPSA) is 37.4 Å². The highest BCUT2D eigenvalue weighted by Gasteiger charge is 2.59. The predicted molar refractivity (Wildman–Crippen MR) is 79.1 cm³/mol. The lowest BCUT2D eigenvalue weighted by molar-refractivity contribution is -0.123. The Morgan fingerprint density at radius 1 is 1.10 bits per heavy atom. The van der Waals surface area contributed by atoms with Crippen molar-refractivity contribution in [3.8, 4) is 0 Å². The number of carbonyl (C=O) groups is 2. The first-order valence-electron chi connectivity index (χ1n) is 6.90. The summed E-state index contributed by atoms with van der Waals surface area (Å²) in [6, 6.07) is 5.65. The fourth-order valence-electron chi connectivity index (χ4n) is 3.88. The number of hydrogen-bond acceptors (Lipinski definition) is 2. The van der Waals surface area contributed by atoms with Crippen molar-refractivity contribution in [3.63, 3.8) is 0 Å². The molecule has 0 N–H and O–H groups in total. The first kappa shape index (κ1) is 12.3.